The summed E-state index contributed by atoms with van der Waals surface area (Å²) in [5.74, 6) is 0.911. The van der Waals surface area contributed by atoms with Crippen LogP contribution in [0.15, 0.2) is 36.5 Å². The van der Waals surface area contributed by atoms with E-state index in [1.807, 2.05) is 30.1 Å². The molecule has 118 valence electrons. The summed E-state index contributed by atoms with van der Waals surface area (Å²) in [6.45, 7) is 4.85. The van der Waals surface area contributed by atoms with Crippen molar-refractivity contribution >= 4 is 11.5 Å². The Morgan fingerprint density at radius 3 is 2.52 bits per heavy atom. The fraction of sp³-hybridized carbons (Fsp3) is 0.294. The van der Waals surface area contributed by atoms with Crippen molar-refractivity contribution in [3.63, 3.8) is 0 Å². The first kappa shape index (κ1) is 16.4. The van der Waals surface area contributed by atoms with Crippen molar-refractivity contribution in [3.8, 4) is 6.07 Å². The first-order valence-electron chi connectivity index (χ1n) is 7.27. The van der Waals surface area contributed by atoms with Gasteiger partial charge in [0, 0.05) is 19.7 Å². The maximum absolute atomic E-state index is 10.8. The number of aromatic nitrogens is 1. The molecule has 23 heavy (non-hydrogen) atoms. The van der Waals surface area contributed by atoms with Crippen LogP contribution in [0.2, 0.25) is 0 Å². The highest BCUT2D eigenvalue weighted by Crippen LogP contribution is 2.23. The third-order valence-electron chi connectivity index (χ3n) is 3.61. The van der Waals surface area contributed by atoms with Crippen LogP contribution < -0.4 is 4.90 Å². The van der Waals surface area contributed by atoms with Crippen LogP contribution in [-0.4, -0.2) is 17.0 Å². The van der Waals surface area contributed by atoms with E-state index >= 15 is 0 Å². The lowest BCUT2D eigenvalue weighted by Gasteiger charge is -2.19. The van der Waals surface area contributed by atoms with Crippen LogP contribution in [0, 0.1) is 21.4 Å². The minimum atomic E-state index is -0.553. The van der Waals surface area contributed by atoms with Gasteiger partial charge in [-0.05, 0) is 17.0 Å². The monoisotopic (exact) mass is 310 g/mol. The Hall–Kier alpha value is -2.94. The van der Waals surface area contributed by atoms with Gasteiger partial charge in [0.15, 0.2) is 0 Å². The maximum atomic E-state index is 10.8. The lowest BCUT2D eigenvalue weighted by molar-refractivity contribution is -0.385. The second kappa shape index (κ2) is 6.88. The molecule has 0 saturated carbocycles. The van der Waals surface area contributed by atoms with Gasteiger partial charge in [0.05, 0.1) is 4.92 Å². The first-order valence-corrected chi connectivity index (χ1v) is 7.27. The molecule has 0 amide bonds. The predicted molar refractivity (Wildman–Crippen MR) is 88.2 cm³/mol. The van der Waals surface area contributed by atoms with E-state index in [1.165, 1.54) is 17.8 Å². The Morgan fingerprint density at radius 2 is 2.00 bits per heavy atom. The van der Waals surface area contributed by atoms with Crippen molar-refractivity contribution < 1.29 is 4.92 Å². The van der Waals surface area contributed by atoms with Gasteiger partial charge in [-0.1, -0.05) is 38.1 Å². The number of rotatable bonds is 5. The zero-order valence-electron chi connectivity index (χ0n) is 13.4. The van der Waals surface area contributed by atoms with Crippen molar-refractivity contribution in [1.82, 2.24) is 4.98 Å². The van der Waals surface area contributed by atoms with E-state index in [0.717, 1.165) is 5.56 Å². The molecule has 1 heterocycles. The van der Waals surface area contributed by atoms with Crippen molar-refractivity contribution in [2.45, 2.75) is 26.3 Å². The number of hydrogen-bond acceptors (Lipinski definition) is 5. The number of nitro groups is 1. The average molecular weight is 310 g/mol. The molecule has 0 atom stereocenters. The van der Waals surface area contributed by atoms with Gasteiger partial charge in [-0.15, -0.1) is 0 Å². The summed E-state index contributed by atoms with van der Waals surface area (Å²) in [4.78, 5) is 16.1. The van der Waals surface area contributed by atoms with Crippen molar-refractivity contribution in [2.24, 2.45) is 0 Å². The Labute approximate surface area is 135 Å². The molecule has 0 spiro atoms. The summed E-state index contributed by atoms with van der Waals surface area (Å²) in [5, 5.41) is 20.0. The maximum Gasteiger partial charge on any atom is 0.289 e. The van der Waals surface area contributed by atoms with E-state index in [2.05, 4.69) is 31.0 Å². The smallest absolute Gasteiger partial charge is 0.289 e. The van der Waals surface area contributed by atoms with Gasteiger partial charge in [0.25, 0.3) is 5.69 Å². The quantitative estimate of drug-likeness (QED) is 0.622. The topological polar surface area (TPSA) is 83.1 Å². The van der Waals surface area contributed by atoms with Gasteiger partial charge in [-0.25, -0.2) is 4.98 Å². The molecule has 0 unspecified atom stereocenters. The van der Waals surface area contributed by atoms with Crippen LogP contribution in [0.1, 0.15) is 36.5 Å². The van der Waals surface area contributed by atoms with E-state index in [9.17, 15) is 15.4 Å². The largest absolute Gasteiger partial charge is 0.354 e. The zero-order chi connectivity index (χ0) is 17.0. The van der Waals surface area contributed by atoms with Crippen molar-refractivity contribution in [3.05, 3.63) is 63.3 Å². The Bertz CT molecular complexity index is 748. The van der Waals surface area contributed by atoms with Gasteiger partial charge < -0.3 is 4.90 Å². The molecule has 6 heteroatoms. The molecule has 6 nitrogen and oxygen atoms in total. The third-order valence-corrected chi connectivity index (χ3v) is 3.61. The molecule has 2 rings (SSSR count). The molecule has 0 N–H and O–H groups in total. The standard InChI is InChI=1S/C17H18N4O2/c1-12(2)14-6-4-13(5-7-14)11-20(3)17-15(9-18)8-16(10-19-17)21(22)23/h4-8,10,12H,11H2,1-3H3. The molecule has 0 aliphatic rings. The summed E-state index contributed by atoms with van der Waals surface area (Å²) < 4.78 is 0. The Kier molecular flexibility index (Phi) is 4.91. The van der Waals surface area contributed by atoms with E-state index in [1.54, 1.807) is 0 Å². The van der Waals surface area contributed by atoms with Crippen molar-refractivity contribution in [1.29, 1.82) is 5.26 Å². The van der Waals surface area contributed by atoms with Gasteiger partial charge in [-0.2, -0.15) is 5.26 Å². The second-order valence-electron chi connectivity index (χ2n) is 5.69. The molecule has 0 saturated heterocycles. The fourth-order valence-corrected chi connectivity index (χ4v) is 2.29. The highest BCUT2D eigenvalue weighted by atomic mass is 16.6. The molecule has 0 aliphatic heterocycles. The molecule has 1 aromatic carbocycles. The summed E-state index contributed by atoms with van der Waals surface area (Å²) >= 11 is 0. The van der Waals surface area contributed by atoms with Crippen LogP contribution in [0.25, 0.3) is 0 Å². The highest BCUT2D eigenvalue weighted by molar-refractivity contribution is 5.57. The number of nitriles is 1. The van der Waals surface area contributed by atoms with Gasteiger partial charge in [0.2, 0.25) is 0 Å². The number of nitrogens with zero attached hydrogens (tertiary/aromatic N) is 4. The average Bonchev–Trinajstić information content (AvgIpc) is 2.54. The van der Waals surface area contributed by atoms with Crippen LogP contribution in [0.4, 0.5) is 11.5 Å². The molecule has 0 fully saturated rings. The lowest BCUT2D eigenvalue weighted by atomic mass is 10.0. The van der Waals surface area contributed by atoms with Gasteiger partial charge in [-0.3, -0.25) is 10.1 Å². The number of pyridine rings is 1. The normalized spacial score (nSPS) is 10.4. The van der Waals surface area contributed by atoms with Crippen LogP contribution >= 0.6 is 0 Å². The van der Waals surface area contributed by atoms with E-state index in [0.29, 0.717) is 18.3 Å². The molecule has 0 bridgehead atoms. The van der Waals surface area contributed by atoms with Gasteiger partial charge in [0.1, 0.15) is 23.6 Å². The molecule has 0 aliphatic carbocycles. The van der Waals surface area contributed by atoms with Crippen LogP contribution in [0.3, 0.4) is 0 Å². The number of benzene rings is 1. The summed E-state index contributed by atoms with van der Waals surface area (Å²) in [6.07, 6.45) is 1.18. The van der Waals surface area contributed by atoms with E-state index in [-0.39, 0.29) is 11.3 Å². The summed E-state index contributed by atoms with van der Waals surface area (Å²) in [6, 6.07) is 11.5. The number of hydrogen-bond donors (Lipinski definition) is 0. The minimum absolute atomic E-state index is 0.181. The van der Waals surface area contributed by atoms with E-state index in [4.69, 9.17) is 0 Å². The molecular weight excluding hydrogens is 292 g/mol. The van der Waals surface area contributed by atoms with Crippen LogP contribution in [-0.2, 0) is 6.54 Å². The van der Waals surface area contributed by atoms with Crippen LogP contribution in [0.5, 0.6) is 0 Å². The Balaban J connectivity index is 2.22. The summed E-state index contributed by atoms with van der Waals surface area (Å²) in [7, 11) is 1.81. The second-order valence-corrected chi connectivity index (χ2v) is 5.69. The fourth-order valence-electron chi connectivity index (χ4n) is 2.29. The highest BCUT2D eigenvalue weighted by Gasteiger charge is 2.15. The van der Waals surface area contributed by atoms with Crippen molar-refractivity contribution in [2.75, 3.05) is 11.9 Å². The predicted octanol–water partition coefficient (Wildman–Crippen LogP) is 3.62. The summed E-state index contributed by atoms with van der Waals surface area (Å²) in [5.41, 5.74) is 2.36. The minimum Gasteiger partial charge on any atom is -0.354 e. The van der Waals surface area contributed by atoms with E-state index < -0.39 is 4.92 Å². The Morgan fingerprint density at radius 1 is 1.35 bits per heavy atom. The lowest BCUT2D eigenvalue weighted by Crippen LogP contribution is -2.19. The third kappa shape index (κ3) is 3.83. The molecule has 1 aromatic heterocycles. The first-order chi connectivity index (χ1) is 10.9. The molecular formula is C17H18N4O2. The molecule has 2 aromatic rings. The molecule has 0 radical (unpaired) electrons. The number of anilines is 1. The zero-order valence-corrected chi connectivity index (χ0v) is 13.4. The van der Waals surface area contributed by atoms with Gasteiger partial charge >= 0.3 is 0 Å². The SMILES string of the molecule is CC(C)c1ccc(CN(C)c2ncc([N+](=O)[O-])cc2C#N)cc1.